The minimum Gasteiger partial charge on any atom is -0.478 e. The summed E-state index contributed by atoms with van der Waals surface area (Å²) in [7, 11) is 0. The molecule has 4 atom stereocenters. The molecule has 0 bridgehead atoms. The third-order valence-electron chi connectivity index (χ3n) is 5.12. The molecule has 2 heterocycles. The number of allylic oxidation sites excluding steroid dienone is 1. The van der Waals surface area contributed by atoms with Gasteiger partial charge in [0, 0.05) is 12.8 Å². The van der Waals surface area contributed by atoms with Gasteiger partial charge in [0.2, 0.25) is 11.8 Å². The number of hydrogen-bond donors (Lipinski definition) is 4. The Labute approximate surface area is 194 Å². The number of nitrogens with zero attached hydrogens (tertiary/aromatic N) is 3. The van der Waals surface area contributed by atoms with Crippen molar-refractivity contribution in [3.05, 3.63) is 22.7 Å². The van der Waals surface area contributed by atoms with Gasteiger partial charge >= 0.3 is 6.18 Å². The molecule has 1 fully saturated rings. The van der Waals surface area contributed by atoms with E-state index in [9.17, 15) is 23.4 Å². The van der Waals surface area contributed by atoms with Crippen LogP contribution in [-0.2, 0) is 4.74 Å². The maximum atomic E-state index is 12.6. The number of ether oxygens (including phenoxy) is 1. The maximum absolute atomic E-state index is 12.6. The Bertz CT molecular complexity index is 961. The zero-order valence-electron chi connectivity index (χ0n) is 17.9. The van der Waals surface area contributed by atoms with Crippen molar-refractivity contribution in [1.29, 1.82) is 0 Å². The molecule has 1 aliphatic carbocycles. The molecular weight excluding hydrogens is 463 g/mol. The van der Waals surface area contributed by atoms with E-state index in [0.717, 1.165) is 0 Å². The topological polar surface area (TPSA) is 112 Å². The van der Waals surface area contributed by atoms with Gasteiger partial charge in [0.1, 0.15) is 17.9 Å². The summed E-state index contributed by atoms with van der Waals surface area (Å²) in [6.45, 7) is 0.943. The van der Waals surface area contributed by atoms with Crippen LogP contribution in [0.25, 0.3) is 0 Å². The first-order chi connectivity index (χ1) is 15.7. The largest absolute Gasteiger partial charge is 0.478 e. The van der Waals surface area contributed by atoms with E-state index in [1.54, 1.807) is 6.21 Å². The van der Waals surface area contributed by atoms with E-state index in [4.69, 9.17) is 16.3 Å². The summed E-state index contributed by atoms with van der Waals surface area (Å²) in [5, 5.41) is 24.7. The Balaban J connectivity index is 1.85. The molecule has 0 aromatic carbocycles. The number of aliphatic hydroxyl groups excluding tert-OH is 2. The highest BCUT2D eigenvalue weighted by Crippen LogP contribution is 2.31. The van der Waals surface area contributed by atoms with E-state index in [0.29, 0.717) is 31.8 Å². The highest BCUT2D eigenvalue weighted by Gasteiger charge is 2.33. The quantitative estimate of drug-likeness (QED) is 0.345. The van der Waals surface area contributed by atoms with Crippen LogP contribution in [0.2, 0.25) is 5.15 Å². The normalized spacial score (nSPS) is 24.6. The first-order valence-electron chi connectivity index (χ1n) is 10.5. The minimum atomic E-state index is -4.47. The molecule has 3 rings (SSSR count). The second-order valence-corrected chi connectivity index (χ2v) is 8.09. The van der Waals surface area contributed by atoms with Crippen molar-refractivity contribution in [2.24, 2.45) is 16.8 Å². The van der Waals surface area contributed by atoms with E-state index >= 15 is 0 Å². The van der Waals surface area contributed by atoms with E-state index < -0.39 is 24.9 Å². The van der Waals surface area contributed by atoms with Crippen molar-refractivity contribution in [3.8, 4) is 11.8 Å². The summed E-state index contributed by atoms with van der Waals surface area (Å²) < 4.78 is 43.2. The molecule has 1 aliphatic heterocycles. The molecule has 1 aromatic rings. The van der Waals surface area contributed by atoms with Crippen LogP contribution in [0.4, 0.5) is 24.9 Å². The Hall–Kier alpha value is -2.55. The molecule has 1 unspecified atom stereocenters. The average molecular weight is 488 g/mol. The van der Waals surface area contributed by atoms with Gasteiger partial charge in [-0.1, -0.05) is 23.4 Å². The van der Waals surface area contributed by atoms with Gasteiger partial charge in [-0.3, -0.25) is 0 Å². The lowest BCUT2D eigenvalue weighted by molar-refractivity contribution is -0.115. The van der Waals surface area contributed by atoms with Gasteiger partial charge < -0.3 is 25.6 Å². The number of rotatable bonds is 7. The average Bonchev–Trinajstić information content (AvgIpc) is 3.12. The molecular formula is C21H25ClF3N5O3. The molecule has 0 radical (unpaired) electrons. The first kappa shape index (κ1) is 25.1. The van der Waals surface area contributed by atoms with Crippen molar-refractivity contribution in [2.45, 2.75) is 44.5 Å². The molecule has 1 aromatic heterocycles. The molecule has 0 spiro atoms. The summed E-state index contributed by atoms with van der Waals surface area (Å²) in [5.41, 5.74) is 0.196. The number of halogens is 4. The summed E-state index contributed by atoms with van der Waals surface area (Å²) in [4.78, 5) is 12.2. The Morgan fingerprint density at radius 1 is 1.30 bits per heavy atom. The number of anilines is 2. The molecule has 0 saturated heterocycles. The number of aromatic nitrogens is 2. The molecule has 12 heteroatoms. The van der Waals surface area contributed by atoms with Crippen LogP contribution in [-0.4, -0.2) is 64.5 Å². The van der Waals surface area contributed by atoms with Gasteiger partial charge in [0.25, 0.3) is 0 Å². The monoisotopic (exact) mass is 487 g/mol. The van der Waals surface area contributed by atoms with Crippen LogP contribution in [0, 0.1) is 23.7 Å². The minimum absolute atomic E-state index is 0.0803. The van der Waals surface area contributed by atoms with Crippen LogP contribution in [0.5, 0.6) is 0 Å². The van der Waals surface area contributed by atoms with Crippen LogP contribution in [0.15, 0.2) is 17.0 Å². The van der Waals surface area contributed by atoms with Crippen LogP contribution in [0.1, 0.15) is 31.7 Å². The molecule has 180 valence electrons. The zero-order valence-corrected chi connectivity index (χ0v) is 18.6. The van der Waals surface area contributed by atoms with Crippen molar-refractivity contribution in [1.82, 2.24) is 9.97 Å². The van der Waals surface area contributed by atoms with Crippen LogP contribution < -0.4 is 10.6 Å². The second-order valence-electron chi connectivity index (χ2n) is 7.73. The van der Waals surface area contributed by atoms with Crippen molar-refractivity contribution >= 4 is 29.6 Å². The van der Waals surface area contributed by atoms with E-state index in [2.05, 4.69) is 37.4 Å². The fraction of sp³-hybridized carbons (Fsp3) is 0.571. The molecule has 8 nitrogen and oxygen atoms in total. The fourth-order valence-corrected chi connectivity index (χ4v) is 3.73. The SMILES string of the molecule is CCOC1=CCC(C#Cc2c(Cl)nc(NCC(F)(F)F)nc2N[C@@H]2C[C@H](CO)C[C@H]2O)C=N1. The summed E-state index contributed by atoms with van der Waals surface area (Å²) >= 11 is 6.26. The van der Waals surface area contributed by atoms with Gasteiger partial charge in [0.05, 0.1) is 24.7 Å². The second kappa shape index (κ2) is 11.0. The standard InChI is InChI=1S/C21H25ClF3N5O3/c1-2-33-17-6-4-12(9-26-17)3-5-14-18(22)29-20(27-11-21(23,24)25)30-19(14)28-15-7-13(10-31)8-16(15)32/h6,9,12-13,15-16,31-32H,2,4,7-8,10-11H2,1H3,(H2,27,28,29,30)/t12?,13-,15+,16+/m0/s1. The van der Waals surface area contributed by atoms with Crippen molar-refractivity contribution in [2.75, 3.05) is 30.4 Å². The summed E-state index contributed by atoms with van der Waals surface area (Å²) in [6.07, 6.45) is -0.363. The van der Waals surface area contributed by atoms with E-state index in [1.165, 1.54) is 0 Å². The number of nitrogens with one attached hydrogen (secondary N) is 2. The van der Waals surface area contributed by atoms with Crippen LogP contribution in [0.3, 0.4) is 0 Å². The zero-order chi connectivity index (χ0) is 24.0. The predicted molar refractivity (Wildman–Crippen MR) is 118 cm³/mol. The maximum Gasteiger partial charge on any atom is 0.405 e. The Kier molecular flexibility index (Phi) is 8.40. The molecule has 0 amide bonds. The van der Waals surface area contributed by atoms with Crippen LogP contribution >= 0.6 is 11.6 Å². The summed E-state index contributed by atoms with van der Waals surface area (Å²) in [6, 6.07) is -0.475. The molecule has 33 heavy (non-hydrogen) atoms. The predicted octanol–water partition coefficient (Wildman–Crippen LogP) is 2.97. The van der Waals surface area contributed by atoms with Crippen molar-refractivity contribution < 1.29 is 28.1 Å². The smallest absolute Gasteiger partial charge is 0.405 e. The number of alkyl halides is 3. The third-order valence-corrected chi connectivity index (χ3v) is 5.40. The van der Waals surface area contributed by atoms with E-state index in [-0.39, 0.29) is 40.9 Å². The molecule has 1 saturated carbocycles. The Morgan fingerprint density at radius 2 is 2.09 bits per heavy atom. The van der Waals surface area contributed by atoms with Gasteiger partial charge in [-0.05, 0) is 38.2 Å². The third kappa shape index (κ3) is 7.22. The van der Waals surface area contributed by atoms with Gasteiger partial charge in [-0.2, -0.15) is 23.1 Å². The molecule has 2 aliphatic rings. The van der Waals surface area contributed by atoms with Crippen molar-refractivity contribution in [3.63, 3.8) is 0 Å². The van der Waals surface area contributed by atoms with Gasteiger partial charge in [-0.25, -0.2) is 4.99 Å². The van der Waals surface area contributed by atoms with Gasteiger partial charge in [-0.15, -0.1) is 0 Å². The fourth-order valence-electron chi connectivity index (χ4n) is 3.51. The lowest BCUT2D eigenvalue weighted by Crippen LogP contribution is -2.29. The number of hydrogen-bond acceptors (Lipinski definition) is 8. The Morgan fingerprint density at radius 3 is 2.70 bits per heavy atom. The lowest BCUT2D eigenvalue weighted by atomic mass is 10.1. The highest BCUT2D eigenvalue weighted by molar-refractivity contribution is 6.31. The summed E-state index contributed by atoms with van der Waals surface area (Å²) in [5.74, 6) is 5.89. The van der Waals surface area contributed by atoms with E-state index in [1.807, 2.05) is 13.0 Å². The first-order valence-corrected chi connectivity index (χ1v) is 10.9. The number of aliphatic hydroxyl groups is 2. The molecule has 4 N–H and O–H groups in total. The van der Waals surface area contributed by atoms with Gasteiger partial charge in [0.15, 0.2) is 5.15 Å². The highest BCUT2D eigenvalue weighted by atomic mass is 35.5. The lowest BCUT2D eigenvalue weighted by Gasteiger charge is -2.19. The number of aliphatic imine (C=N–C) groups is 1.